The van der Waals surface area contributed by atoms with E-state index >= 15 is 0 Å². The summed E-state index contributed by atoms with van der Waals surface area (Å²) in [6.45, 7) is 11.3. The monoisotopic (exact) mass is 360 g/mol. The maximum absolute atomic E-state index is 13.3. The molecule has 2 nitrogen and oxygen atoms in total. The fourth-order valence-electron chi connectivity index (χ4n) is 3.47. The quantitative estimate of drug-likeness (QED) is 0.731. The molecule has 0 unspecified atom stereocenters. The van der Waals surface area contributed by atoms with Gasteiger partial charge in [0.2, 0.25) is 0 Å². The van der Waals surface area contributed by atoms with Crippen LogP contribution in [0.15, 0.2) is 48.5 Å². The second-order valence-electron chi connectivity index (χ2n) is 6.38. The third kappa shape index (κ3) is 5.36. The van der Waals surface area contributed by atoms with Gasteiger partial charge in [-0.25, -0.2) is 8.78 Å². The summed E-state index contributed by atoms with van der Waals surface area (Å²) in [6, 6.07) is 13.4. The zero-order valence-corrected chi connectivity index (χ0v) is 16.1. The van der Waals surface area contributed by atoms with E-state index < -0.39 is 0 Å². The molecular formula is C22H30F2N2. The van der Waals surface area contributed by atoms with Gasteiger partial charge in [0.25, 0.3) is 0 Å². The molecule has 1 saturated heterocycles. The van der Waals surface area contributed by atoms with Crippen LogP contribution < -0.4 is 0 Å². The predicted octanol–water partition coefficient (Wildman–Crippen LogP) is 5.11. The lowest BCUT2D eigenvalue weighted by atomic mass is 9.96. The van der Waals surface area contributed by atoms with E-state index in [-0.39, 0.29) is 17.7 Å². The minimum Gasteiger partial charge on any atom is -0.301 e. The molecule has 0 radical (unpaired) electrons. The molecule has 1 fully saturated rings. The summed E-state index contributed by atoms with van der Waals surface area (Å²) in [5, 5.41) is 0. The fourth-order valence-corrected chi connectivity index (χ4v) is 3.47. The van der Waals surface area contributed by atoms with Gasteiger partial charge in [-0.2, -0.15) is 0 Å². The first-order valence-corrected chi connectivity index (χ1v) is 9.64. The highest BCUT2D eigenvalue weighted by atomic mass is 19.1. The Morgan fingerprint density at radius 3 is 1.58 bits per heavy atom. The molecule has 2 aromatic rings. The Bertz CT molecular complexity index is 587. The molecule has 0 aromatic heterocycles. The standard InChI is InChI=1S/C20H24F2N2.C2H6/c1-2-11-23-12-14-24(15-13-23)20(16-3-7-18(21)8-4-16)17-5-9-19(22)10-6-17;1-2/h3-10,20H,2,11-15H2,1H3;1-2H3. The SMILES string of the molecule is CC.CCCN1CCN(C(c2ccc(F)cc2)c2ccc(F)cc2)CC1. The van der Waals surface area contributed by atoms with Gasteiger partial charge < -0.3 is 4.90 Å². The average molecular weight is 360 g/mol. The molecule has 0 N–H and O–H groups in total. The van der Waals surface area contributed by atoms with Gasteiger partial charge in [-0.3, -0.25) is 4.90 Å². The molecule has 2 aromatic carbocycles. The normalized spacial score (nSPS) is 15.6. The molecule has 0 aliphatic carbocycles. The van der Waals surface area contributed by atoms with Crippen LogP contribution in [0.1, 0.15) is 44.4 Å². The molecule has 0 saturated carbocycles. The van der Waals surface area contributed by atoms with Crippen molar-refractivity contribution in [2.24, 2.45) is 0 Å². The number of rotatable bonds is 5. The highest BCUT2D eigenvalue weighted by Crippen LogP contribution is 2.30. The van der Waals surface area contributed by atoms with Gasteiger partial charge in [0, 0.05) is 26.2 Å². The Balaban J connectivity index is 0.00000117. The Morgan fingerprint density at radius 2 is 1.19 bits per heavy atom. The van der Waals surface area contributed by atoms with Crippen LogP contribution in [0.4, 0.5) is 8.78 Å². The Morgan fingerprint density at radius 1 is 0.769 bits per heavy atom. The average Bonchev–Trinajstić information content (AvgIpc) is 2.68. The lowest BCUT2D eigenvalue weighted by molar-refractivity contribution is 0.109. The van der Waals surface area contributed by atoms with E-state index in [0.717, 1.165) is 43.9 Å². The minimum atomic E-state index is -0.232. The maximum Gasteiger partial charge on any atom is 0.123 e. The minimum absolute atomic E-state index is 0.0370. The van der Waals surface area contributed by atoms with E-state index in [2.05, 4.69) is 16.7 Å². The van der Waals surface area contributed by atoms with Gasteiger partial charge in [0.15, 0.2) is 0 Å². The van der Waals surface area contributed by atoms with Gasteiger partial charge in [0.05, 0.1) is 6.04 Å². The summed E-state index contributed by atoms with van der Waals surface area (Å²) in [4.78, 5) is 4.88. The number of hydrogen-bond acceptors (Lipinski definition) is 2. The second kappa shape index (κ2) is 10.4. The summed E-state index contributed by atoms with van der Waals surface area (Å²) in [6.07, 6.45) is 1.17. The molecule has 142 valence electrons. The van der Waals surface area contributed by atoms with Crippen LogP contribution in [0, 0.1) is 11.6 Å². The molecule has 26 heavy (non-hydrogen) atoms. The van der Waals surface area contributed by atoms with Gasteiger partial charge in [-0.05, 0) is 48.4 Å². The van der Waals surface area contributed by atoms with Crippen molar-refractivity contribution >= 4 is 0 Å². The molecule has 0 bridgehead atoms. The molecule has 4 heteroatoms. The zero-order valence-electron chi connectivity index (χ0n) is 16.1. The van der Waals surface area contributed by atoms with E-state index in [1.54, 1.807) is 0 Å². The summed E-state index contributed by atoms with van der Waals surface area (Å²) in [5.41, 5.74) is 2.10. The smallest absolute Gasteiger partial charge is 0.123 e. The van der Waals surface area contributed by atoms with Crippen molar-refractivity contribution in [3.63, 3.8) is 0 Å². The Labute approximate surface area is 156 Å². The van der Waals surface area contributed by atoms with Crippen LogP contribution in [0.3, 0.4) is 0 Å². The topological polar surface area (TPSA) is 6.48 Å². The van der Waals surface area contributed by atoms with Crippen molar-refractivity contribution in [3.8, 4) is 0 Å². The lowest BCUT2D eigenvalue weighted by Gasteiger charge is -2.39. The van der Waals surface area contributed by atoms with Crippen LogP contribution in [0.25, 0.3) is 0 Å². The van der Waals surface area contributed by atoms with E-state index in [4.69, 9.17) is 0 Å². The third-order valence-corrected chi connectivity index (χ3v) is 4.68. The van der Waals surface area contributed by atoms with Crippen LogP contribution in [-0.4, -0.2) is 42.5 Å². The third-order valence-electron chi connectivity index (χ3n) is 4.68. The van der Waals surface area contributed by atoms with Crippen LogP contribution >= 0.6 is 0 Å². The molecule has 0 spiro atoms. The second-order valence-corrected chi connectivity index (χ2v) is 6.38. The summed E-state index contributed by atoms with van der Waals surface area (Å²) >= 11 is 0. The fraction of sp³-hybridized carbons (Fsp3) is 0.455. The van der Waals surface area contributed by atoms with E-state index in [1.165, 1.54) is 30.7 Å². The van der Waals surface area contributed by atoms with Gasteiger partial charge in [-0.15, -0.1) is 0 Å². The number of hydrogen-bond donors (Lipinski definition) is 0. The Hall–Kier alpha value is -1.78. The van der Waals surface area contributed by atoms with Crippen molar-refractivity contribution in [2.75, 3.05) is 32.7 Å². The molecule has 0 amide bonds. The lowest BCUT2D eigenvalue weighted by Crippen LogP contribution is -2.47. The molecule has 3 rings (SSSR count). The van der Waals surface area contributed by atoms with E-state index in [9.17, 15) is 8.78 Å². The summed E-state index contributed by atoms with van der Waals surface area (Å²) in [5.74, 6) is -0.464. The van der Waals surface area contributed by atoms with Crippen molar-refractivity contribution in [1.82, 2.24) is 9.80 Å². The number of benzene rings is 2. The van der Waals surface area contributed by atoms with Crippen molar-refractivity contribution in [1.29, 1.82) is 0 Å². The van der Waals surface area contributed by atoms with Crippen LogP contribution in [0.2, 0.25) is 0 Å². The summed E-state index contributed by atoms with van der Waals surface area (Å²) in [7, 11) is 0. The first-order valence-electron chi connectivity index (χ1n) is 9.64. The van der Waals surface area contributed by atoms with Crippen molar-refractivity contribution in [3.05, 3.63) is 71.3 Å². The molecular weight excluding hydrogens is 330 g/mol. The number of halogens is 2. The van der Waals surface area contributed by atoms with Gasteiger partial charge in [0.1, 0.15) is 11.6 Å². The van der Waals surface area contributed by atoms with E-state index in [0.29, 0.717) is 0 Å². The van der Waals surface area contributed by atoms with Crippen molar-refractivity contribution in [2.45, 2.75) is 33.2 Å². The zero-order chi connectivity index (χ0) is 18.9. The summed E-state index contributed by atoms with van der Waals surface area (Å²) < 4.78 is 26.6. The van der Waals surface area contributed by atoms with Crippen LogP contribution in [0.5, 0.6) is 0 Å². The van der Waals surface area contributed by atoms with Crippen molar-refractivity contribution < 1.29 is 8.78 Å². The molecule has 1 aliphatic rings. The highest BCUT2D eigenvalue weighted by Gasteiger charge is 2.26. The Kier molecular flexibility index (Phi) is 8.20. The largest absolute Gasteiger partial charge is 0.301 e. The highest BCUT2D eigenvalue weighted by molar-refractivity contribution is 5.32. The predicted molar refractivity (Wildman–Crippen MR) is 104 cm³/mol. The molecule has 0 atom stereocenters. The maximum atomic E-state index is 13.3. The first-order chi connectivity index (χ1) is 12.7. The molecule has 1 aliphatic heterocycles. The van der Waals surface area contributed by atoms with E-state index in [1.807, 2.05) is 38.1 Å². The number of piperazine rings is 1. The van der Waals surface area contributed by atoms with Crippen LogP contribution in [-0.2, 0) is 0 Å². The van der Waals surface area contributed by atoms with Gasteiger partial charge in [-0.1, -0.05) is 45.0 Å². The first kappa shape index (κ1) is 20.5. The number of nitrogens with zero attached hydrogens (tertiary/aromatic N) is 2. The molecule has 1 heterocycles. The van der Waals surface area contributed by atoms with Gasteiger partial charge >= 0.3 is 0 Å².